The summed E-state index contributed by atoms with van der Waals surface area (Å²) in [6.07, 6.45) is 4.14. The van der Waals surface area contributed by atoms with E-state index in [1.165, 1.54) is 16.5 Å². The van der Waals surface area contributed by atoms with Crippen LogP contribution in [0.5, 0.6) is 0 Å². The van der Waals surface area contributed by atoms with Gasteiger partial charge in [0.15, 0.2) is 0 Å². The van der Waals surface area contributed by atoms with Crippen molar-refractivity contribution in [2.75, 3.05) is 20.6 Å². The van der Waals surface area contributed by atoms with Crippen LogP contribution in [0.4, 0.5) is 0 Å². The summed E-state index contributed by atoms with van der Waals surface area (Å²) in [6.45, 7) is 7.15. The zero-order valence-corrected chi connectivity index (χ0v) is 12.1. The molecular weight excluding hydrogens is 252 g/mol. The van der Waals surface area contributed by atoms with Crippen molar-refractivity contribution in [2.24, 2.45) is 4.99 Å². The Morgan fingerprint density at radius 3 is 2.53 bits per heavy atom. The van der Waals surface area contributed by atoms with Gasteiger partial charge in [-0.1, -0.05) is 15.9 Å². The van der Waals surface area contributed by atoms with Crippen molar-refractivity contribution in [1.82, 2.24) is 4.90 Å². The van der Waals surface area contributed by atoms with Gasteiger partial charge in [0.25, 0.3) is 0 Å². The fraction of sp³-hybridized carbons (Fsp3) is 0.750. The molecule has 3 heteroatoms. The van der Waals surface area contributed by atoms with Gasteiger partial charge in [-0.15, -0.1) is 0 Å². The minimum Gasteiger partial charge on any atom is -0.307 e. The molecule has 0 fully saturated rings. The van der Waals surface area contributed by atoms with Crippen LogP contribution in [0.2, 0.25) is 0 Å². The third kappa shape index (κ3) is 6.85. The molecule has 0 radical (unpaired) electrons. The average molecular weight is 275 g/mol. The Hall–Kier alpha value is -0.150. The third-order valence-electron chi connectivity index (χ3n) is 2.64. The molecule has 2 nitrogen and oxygen atoms in total. The molecule has 0 saturated heterocycles. The first-order valence-electron chi connectivity index (χ1n) is 5.44. The van der Waals surface area contributed by atoms with Crippen LogP contribution in [0.1, 0.15) is 33.6 Å². The molecule has 0 aromatic rings. The molecule has 0 aliphatic rings. The summed E-state index contributed by atoms with van der Waals surface area (Å²) in [5.41, 5.74) is 1.33. The highest BCUT2D eigenvalue weighted by molar-refractivity contribution is 9.11. The molecule has 15 heavy (non-hydrogen) atoms. The van der Waals surface area contributed by atoms with Crippen molar-refractivity contribution in [2.45, 2.75) is 39.7 Å². The van der Waals surface area contributed by atoms with Gasteiger partial charge >= 0.3 is 0 Å². The van der Waals surface area contributed by atoms with Gasteiger partial charge in [-0.3, -0.25) is 4.99 Å². The minimum absolute atomic E-state index is 0.625. The number of rotatable bonds is 6. The van der Waals surface area contributed by atoms with Gasteiger partial charge in [-0.05, 0) is 64.0 Å². The van der Waals surface area contributed by atoms with E-state index in [-0.39, 0.29) is 0 Å². The SMILES string of the molecule is CC=NC/C(C)=C(\Br)CC[C@H](C)N(C)C. The zero-order valence-electron chi connectivity index (χ0n) is 10.5. The molecule has 0 saturated carbocycles. The van der Waals surface area contributed by atoms with E-state index in [0.29, 0.717) is 6.04 Å². The quantitative estimate of drug-likeness (QED) is 0.678. The number of aliphatic imine (C=N–C) groups is 1. The Balaban J connectivity index is 4.05. The normalized spacial score (nSPS) is 15.9. The van der Waals surface area contributed by atoms with E-state index in [9.17, 15) is 0 Å². The Morgan fingerprint density at radius 2 is 2.07 bits per heavy atom. The van der Waals surface area contributed by atoms with Crippen LogP contribution in [0.15, 0.2) is 15.0 Å². The van der Waals surface area contributed by atoms with Gasteiger partial charge in [0.2, 0.25) is 0 Å². The summed E-state index contributed by atoms with van der Waals surface area (Å²) < 4.78 is 1.31. The van der Waals surface area contributed by atoms with Crippen LogP contribution < -0.4 is 0 Å². The van der Waals surface area contributed by atoms with Crippen LogP contribution in [0.25, 0.3) is 0 Å². The Kier molecular flexibility index (Phi) is 7.97. The monoisotopic (exact) mass is 274 g/mol. The molecule has 0 aliphatic carbocycles. The molecule has 0 unspecified atom stereocenters. The van der Waals surface area contributed by atoms with Gasteiger partial charge in [-0.25, -0.2) is 0 Å². The molecule has 0 spiro atoms. The van der Waals surface area contributed by atoms with Crippen LogP contribution in [-0.2, 0) is 0 Å². The predicted molar refractivity (Wildman–Crippen MR) is 73.0 cm³/mol. The molecule has 0 aromatic heterocycles. The molecule has 1 atom stereocenters. The Bertz CT molecular complexity index is 232. The minimum atomic E-state index is 0.625. The summed E-state index contributed by atoms with van der Waals surface area (Å²) in [7, 11) is 4.24. The van der Waals surface area contributed by atoms with Crippen LogP contribution in [0, 0.1) is 0 Å². The second-order valence-corrected chi connectivity index (χ2v) is 5.09. The first-order valence-corrected chi connectivity index (χ1v) is 6.23. The Labute approximate surface area is 103 Å². The van der Waals surface area contributed by atoms with Crippen molar-refractivity contribution >= 4 is 22.1 Å². The molecule has 0 aliphatic heterocycles. The lowest BCUT2D eigenvalue weighted by Gasteiger charge is -2.19. The lowest BCUT2D eigenvalue weighted by Crippen LogP contribution is -2.24. The van der Waals surface area contributed by atoms with E-state index in [0.717, 1.165) is 13.0 Å². The molecular formula is C12H23BrN2. The maximum atomic E-state index is 4.23. The highest BCUT2D eigenvalue weighted by Gasteiger charge is 2.06. The largest absolute Gasteiger partial charge is 0.307 e. The lowest BCUT2D eigenvalue weighted by molar-refractivity contribution is 0.300. The van der Waals surface area contributed by atoms with Gasteiger partial charge in [0.05, 0.1) is 6.54 Å². The van der Waals surface area contributed by atoms with Crippen molar-refractivity contribution in [3.63, 3.8) is 0 Å². The first-order chi connectivity index (χ1) is 6.99. The summed E-state index contributed by atoms with van der Waals surface area (Å²) in [4.78, 5) is 6.48. The number of hydrogen-bond donors (Lipinski definition) is 0. The Morgan fingerprint density at radius 1 is 1.47 bits per heavy atom. The predicted octanol–water partition coefficient (Wildman–Crippen LogP) is 3.48. The van der Waals surface area contributed by atoms with Gasteiger partial charge in [0.1, 0.15) is 0 Å². The standard InChI is InChI=1S/C12H23BrN2/c1-6-14-9-10(2)12(13)8-7-11(3)15(4)5/h6,11H,7-9H2,1-5H3/b12-10-,14-6?/t11-/m0/s1. The fourth-order valence-corrected chi connectivity index (χ4v) is 1.48. The van der Waals surface area contributed by atoms with E-state index in [2.05, 4.69) is 53.8 Å². The highest BCUT2D eigenvalue weighted by atomic mass is 79.9. The molecule has 0 aromatic carbocycles. The second kappa shape index (κ2) is 8.05. The van der Waals surface area contributed by atoms with Crippen molar-refractivity contribution in [3.8, 4) is 0 Å². The smallest absolute Gasteiger partial charge is 0.0603 e. The summed E-state index contributed by atoms with van der Waals surface area (Å²) in [5.74, 6) is 0. The van der Waals surface area contributed by atoms with Gasteiger partial charge < -0.3 is 4.90 Å². The van der Waals surface area contributed by atoms with E-state index < -0.39 is 0 Å². The zero-order chi connectivity index (χ0) is 11.8. The van der Waals surface area contributed by atoms with Crippen molar-refractivity contribution < 1.29 is 0 Å². The summed E-state index contributed by atoms with van der Waals surface area (Å²) in [6, 6.07) is 0.625. The van der Waals surface area contributed by atoms with E-state index in [1.54, 1.807) is 0 Å². The lowest BCUT2D eigenvalue weighted by atomic mass is 10.1. The third-order valence-corrected chi connectivity index (χ3v) is 3.71. The number of allylic oxidation sites excluding steroid dienone is 1. The van der Waals surface area contributed by atoms with Crippen LogP contribution in [0.3, 0.4) is 0 Å². The first kappa shape index (κ1) is 14.8. The molecule has 88 valence electrons. The molecule has 0 rings (SSSR count). The fourth-order valence-electron chi connectivity index (χ4n) is 1.12. The van der Waals surface area contributed by atoms with E-state index in [1.807, 2.05) is 13.1 Å². The maximum absolute atomic E-state index is 4.23. The van der Waals surface area contributed by atoms with Gasteiger partial charge in [-0.2, -0.15) is 0 Å². The van der Waals surface area contributed by atoms with Crippen LogP contribution in [-0.4, -0.2) is 37.8 Å². The maximum Gasteiger partial charge on any atom is 0.0603 e. The second-order valence-electron chi connectivity index (χ2n) is 4.14. The molecule has 0 N–H and O–H groups in total. The molecule has 0 bridgehead atoms. The summed E-state index contributed by atoms with van der Waals surface area (Å²) >= 11 is 3.64. The molecule has 0 amide bonds. The van der Waals surface area contributed by atoms with E-state index >= 15 is 0 Å². The number of halogens is 1. The van der Waals surface area contributed by atoms with Gasteiger partial charge in [0, 0.05) is 6.04 Å². The average Bonchev–Trinajstić information content (AvgIpc) is 2.21. The molecule has 0 heterocycles. The number of hydrogen-bond acceptors (Lipinski definition) is 2. The van der Waals surface area contributed by atoms with E-state index in [4.69, 9.17) is 0 Å². The topological polar surface area (TPSA) is 15.6 Å². The summed E-state index contributed by atoms with van der Waals surface area (Å²) in [5, 5.41) is 0. The van der Waals surface area contributed by atoms with Crippen LogP contribution >= 0.6 is 15.9 Å². The number of nitrogens with zero attached hydrogens (tertiary/aromatic N) is 2. The van der Waals surface area contributed by atoms with Crippen molar-refractivity contribution in [1.29, 1.82) is 0 Å². The highest BCUT2D eigenvalue weighted by Crippen LogP contribution is 2.20. The van der Waals surface area contributed by atoms with Crippen molar-refractivity contribution in [3.05, 3.63) is 10.1 Å².